The Labute approximate surface area is 104 Å². The van der Waals surface area contributed by atoms with Crippen molar-refractivity contribution in [1.29, 1.82) is 0 Å². The van der Waals surface area contributed by atoms with Crippen molar-refractivity contribution in [2.24, 2.45) is 0 Å². The van der Waals surface area contributed by atoms with Crippen LogP contribution in [0.15, 0.2) is 0 Å². The molecule has 1 amide bonds. The summed E-state index contributed by atoms with van der Waals surface area (Å²) in [7, 11) is 1.59. The Morgan fingerprint density at radius 1 is 1.29 bits per heavy atom. The Bertz CT molecular complexity index is 234. The molecule has 0 aliphatic heterocycles. The minimum Gasteiger partial charge on any atom is -0.388 e. The molecule has 0 spiro atoms. The van der Waals surface area contributed by atoms with Crippen LogP contribution in [-0.4, -0.2) is 49.0 Å². The molecule has 0 bridgehead atoms. The van der Waals surface area contributed by atoms with Gasteiger partial charge in [0.2, 0.25) is 5.91 Å². The predicted octanol–water partition coefficient (Wildman–Crippen LogP) is 0.278. The summed E-state index contributed by atoms with van der Waals surface area (Å²) in [6.45, 7) is 8.64. The molecule has 0 rings (SSSR count). The van der Waals surface area contributed by atoms with Crippen molar-refractivity contribution < 1.29 is 14.6 Å². The number of carbonyl (C=O) groups is 1. The van der Waals surface area contributed by atoms with Gasteiger partial charge in [-0.1, -0.05) is 0 Å². The maximum atomic E-state index is 11.5. The Morgan fingerprint density at radius 2 is 1.88 bits per heavy atom. The Kier molecular flexibility index (Phi) is 6.67. The van der Waals surface area contributed by atoms with Crippen molar-refractivity contribution in [1.82, 2.24) is 10.6 Å². The van der Waals surface area contributed by atoms with Crippen LogP contribution in [0.3, 0.4) is 0 Å². The molecule has 0 aromatic heterocycles. The zero-order chi connectivity index (χ0) is 13.5. The fraction of sp³-hybridized carbons (Fsp3) is 0.917. The summed E-state index contributed by atoms with van der Waals surface area (Å²) in [5, 5.41) is 15.7. The van der Waals surface area contributed by atoms with Crippen LogP contribution in [0.4, 0.5) is 0 Å². The minimum atomic E-state index is -0.923. The average Bonchev–Trinajstić information content (AvgIpc) is 2.20. The van der Waals surface area contributed by atoms with E-state index < -0.39 is 5.60 Å². The van der Waals surface area contributed by atoms with Crippen LogP contribution in [0.2, 0.25) is 0 Å². The monoisotopic (exact) mass is 246 g/mol. The first kappa shape index (κ1) is 16.4. The molecule has 0 saturated heterocycles. The third-order valence-corrected chi connectivity index (χ3v) is 2.29. The Hall–Kier alpha value is -0.650. The second-order valence-corrected chi connectivity index (χ2v) is 5.62. The molecule has 5 nitrogen and oxygen atoms in total. The van der Waals surface area contributed by atoms with Crippen molar-refractivity contribution in [3.8, 4) is 0 Å². The van der Waals surface area contributed by atoms with Crippen LogP contribution >= 0.6 is 0 Å². The predicted molar refractivity (Wildman–Crippen MR) is 67.9 cm³/mol. The number of hydrogen-bond donors (Lipinski definition) is 3. The van der Waals surface area contributed by atoms with E-state index >= 15 is 0 Å². The van der Waals surface area contributed by atoms with Crippen molar-refractivity contribution in [2.75, 3.05) is 26.8 Å². The largest absolute Gasteiger partial charge is 0.388 e. The number of aliphatic hydroxyl groups is 1. The van der Waals surface area contributed by atoms with E-state index in [2.05, 4.69) is 10.6 Å². The van der Waals surface area contributed by atoms with Crippen molar-refractivity contribution >= 4 is 5.91 Å². The standard InChI is InChI=1S/C12H26N2O3/c1-11(2,3)14-8-10(15)13-9-12(4,16)6-7-17-5/h14,16H,6-9H2,1-5H3,(H,13,15). The highest BCUT2D eigenvalue weighted by molar-refractivity contribution is 5.78. The van der Waals surface area contributed by atoms with Crippen LogP contribution in [0, 0.1) is 0 Å². The van der Waals surface area contributed by atoms with Gasteiger partial charge >= 0.3 is 0 Å². The number of hydrogen-bond acceptors (Lipinski definition) is 4. The minimum absolute atomic E-state index is 0.0874. The zero-order valence-corrected chi connectivity index (χ0v) is 11.6. The van der Waals surface area contributed by atoms with E-state index in [1.54, 1.807) is 14.0 Å². The van der Waals surface area contributed by atoms with Crippen LogP contribution in [0.5, 0.6) is 0 Å². The summed E-state index contributed by atoms with van der Waals surface area (Å²) in [5.74, 6) is -0.113. The van der Waals surface area contributed by atoms with Gasteiger partial charge in [-0.05, 0) is 27.7 Å². The molecule has 0 aromatic rings. The first-order chi connectivity index (χ1) is 7.66. The van der Waals surface area contributed by atoms with Gasteiger partial charge < -0.3 is 20.5 Å². The first-order valence-electron chi connectivity index (χ1n) is 5.89. The molecule has 0 aliphatic rings. The highest BCUT2D eigenvalue weighted by Crippen LogP contribution is 2.07. The Morgan fingerprint density at radius 3 is 2.35 bits per heavy atom. The highest BCUT2D eigenvalue weighted by Gasteiger charge is 2.21. The lowest BCUT2D eigenvalue weighted by atomic mass is 10.0. The van der Waals surface area contributed by atoms with Gasteiger partial charge in [0.1, 0.15) is 0 Å². The van der Waals surface area contributed by atoms with Gasteiger partial charge in [0.25, 0.3) is 0 Å². The topological polar surface area (TPSA) is 70.6 Å². The third-order valence-electron chi connectivity index (χ3n) is 2.29. The lowest BCUT2D eigenvalue weighted by Gasteiger charge is -2.24. The fourth-order valence-electron chi connectivity index (χ4n) is 1.11. The molecule has 0 saturated carbocycles. The van der Waals surface area contributed by atoms with Gasteiger partial charge in [0.05, 0.1) is 12.1 Å². The summed E-state index contributed by atoms with van der Waals surface area (Å²) in [6, 6.07) is 0. The zero-order valence-electron chi connectivity index (χ0n) is 11.6. The van der Waals surface area contributed by atoms with Gasteiger partial charge in [-0.25, -0.2) is 0 Å². The molecule has 1 atom stereocenters. The summed E-state index contributed by atoms with van der Waals surface area (Å²) in [5.41, 5.74) is -1.01. The average molecular weight is 246 g/mol. The molecule has 17 heavy (non-hydrogen) atoms. The highest BCUT2D eigenvalue weighted by atomic mass is 16.5. The van der Waals surface area contributed by atoms with Gasteiger partial charge in [-0.2, -0.15) is 0 Å². The van der Waals surface area contributed by atoms with E-state index in [0.29, 0.717) is 13.0 Å². The van der Waals surface area contributed by atoms with Crippen molar-refractivity contribution in [2.45, 2.75) is 45.3 Å². The third kappa shape index (κ3) is 10.2. The molecule has 102 valence electrons. The summed E-state index contributed by atoms with van der Waals surface area (Å²) < 4.78 is 4.89. The van der Waals surface area contributed by atoms with E-state index in [9.17, 15) is 9.90 Å². The molecule has 0 heterocycles. The van der Waals surface area contributed by atoms with E-state index in [0.717, 1.165) is 0 Å². The molecule has 0 radical (unpaired) electrons. The normalized spacial score (nSPS) is 15.4. The van der Waals surface area contributed by atoms with Crippen molar-refractivity contribution in [3.63, 3.8) is 0 Å². The van der Waals surface area contributed by atoms with Crippen LogP contribution in [0.25, 0.3) is 0 Å². The number of carbonyl (C=O) groups excluding carboxylic acids is 1. The van der Waals surface area contributed by atoms with E-state index in [1.165, 1.54) is 0 Å². The molecular formula is C12H26N2O3. The number of methoxy groups -OCH3 is 1. The Balaban J connectivity index is 3.83. The first-order valence-corrected chi connectivity index (χ1v) is 5.89. The van der Waals surface area contributed by atoms with Crippen LogP contribution in [-0.2, 0) is 9.53 Å². The SMILES string of the molecule is COCCC(C)(O)CNC(=O)CNC(C)(C)C. The van der Waals surface area contributed by atoms with Gasteiger partial charge in [0.15, 0.2) is 0 Å². The molecule has 3 N–H and O–H groups in total. The number of amides is 1. The van der Waals surface area contributed by atoms with Gasteiger partial charge in [-0.3, -0.25) is 4.79 Å². The van der Waals surface area contributed by atoms with Crippen molar-refractivity contribution in [3.05, 3.63) is 0 Å². The molecule has 0 aromatic carbocycles. The van der Waals surface area contributed by atoms with E-state index in [1.807, 2.05) is 20.8 Å². The fourth-order valence-corrected chi connectivity index (χ4v) is 1.11. The van der Waals surface area contributed by atoms with Crippen LogP contribution in [0.1, 0.15) is 34.1 Å². The van der Waals surface area contributed by atoms with E-state index in [4.69, 9.17) is 4.74 Å². The maximum absolute atomic E-state index is 11.5. The van der Waals surface area contributed by atoms with Crippen LogP contribution < -0.4 is 10.6 Å². The lowest BCUT2D eigenvalue weighted by molar-refractivity contribution is -0.121. The number of ether oxygens (including phenoxy) is 1. The molecule has 1 unspecified atom stereocenters. The number of nitrogens with one attached hydrogen (secondary N) is 2. The second-order valence-electron chi connectivity index (χ2n) is 5.62. The summed E-state index contributed by atoms with van der Waals surface area (Å²) in [4.78, 5) is 11.5. The smallest absolute Gasteiger partial charge is 0.234 e. The molecular weight excluding hydrogens is 220 g/mol. The molecule has 0 fully saturated rings. The summed E-state index contributed by atoms with van der Waals surface area (Å²) in [6.07, 6.45) is 0.497. The second kappa shape index (κ2) is 6.93. The molecule has 0 aliphatic carbocycles. The van der Waals surface area contributed by atoms with E-state index in [-0.39, 0.29) is 24.5 Å². The quantitative estimate of drug-likeness (QED) is 0.603. The van der Waals surface area contributed by atoms with Gasteiger partial charge in [-0.15, -0.1) is 0 Å². The summed E-state index contributed by atoms with van der Waals surface area (Å²) >= 11 is 0. The maximum Gasteiger partial charge on any atom is 0.234 e. The molecule has 5 heteroatoms. The number of rotatable bonds is 7. The van der Waals surface area contributed by atoms with Gasteiger partial charge in [0, 0.05) is 32.2 Å². The lowest BCUT2D eigenvalue weighted by Crippen LogP contribution is -2.47.